The number of halogens is 3. The van der Waals surface area contributed by atoms with E-state index in [1.165, 1.54) is 74.2 Å². The summed E-state index contributed by atoms with van der Waals surface area (Å²) in [6.07, 6.45) is -4.23. The molecule has 0 aromatic heterocycles. The first-order chi connectivity index (χ1) is 25.2. The fourth-order valence-electron chi connectivity index (χ4n) is 7.41. The van der Waals surface area contributed by atoms with Gasteiger partial charge in [0, 0.05) is 0 Å². The number of hydrogen-bond acceptors (Lipinski definition) is 0. The van der Waals surface area contributed by atoms with E-state index in [0.29, 0.717) is 52.6 Å². The lowest BCUT2D eigenvalue weighted by atomic mass is 9.85. The van der Waals surface area contributed by atoms with Crippen LogP contribution in [0.3, 0.4) is 0 Å². The van der Waals surface area contributed by atoms with Gasteiger partial charge in [-0.1, -0.05) is 157 Å². The summed E-state index contributed by atoms with van der Waals surface area (Å²) in [7, 11) is 0. The maximum Gasteiger partial charge on any atom is 0.416 e. The first-order valence-electron chi connectivity index (χ1n) is 20.7. The first kappa shape index (κ1) is 49.7. The molecule has 0 saturated heterocycles. The second-order valence-corrected chi connectivity index (χ2v) is 17.8. The standard InChI is InChI=1S/C16H26.C14H22.C13H20.C9H9F3/c1-10(2)14-8-15(11(3)4)13(7)16(9-14)12(5)6;1-9(2)13-7-11(5)8-14(10(3)4)12(13)6;1-9(2)12-7-6-8-13(10(3)4)11(12)5;1-6-4-3-5-8(7(6)2)9(10,11)12/h8-12H,1-7H3;7-10H,1-6H3;6-10H,1-5H3;3-5H,1-2H3. The van der Waals surface area contributed by atoms with E-state index in [-0.39, 0.29) is 0 Å². The van der Waals surface area contributed by atoms with Crippen LogP contribution in [0.2, 0.25) is 0 Å². The van der Waals surface area contributed by atoms with Crippen molar-refractivity contribution in [1.82, 2.24) is 0 Å². The van der Waals surface area contributed by atoms with Gasteiger partial charge < -0.3 is 0 Å². The highest BCUT2D eigenvalue weighted by Crippen LogP contribution is 2.34. The largest absolute Gasteiger partial charge is 0.416 e. The topological polar surface area (TPSA) is 0 Å². The Morgan fingerprint density at radius 2 is 0.673 bits per heavy atom. The quantitative estimate of drug-likeness (QED) is 0.176. The summed E-state index contributed by atoms with van der Waals surface area (Å²) in [6, 6.07) is 20.3. The van der Waals surface area contributed by atoms with Crippen molar-refractivity contribution in [3.05, 3.63) is 139 Å². The molecule has 0 radical (unpaired) electrons. The van der Waals surface area contributed by atoms with Crippen molar-refractivity contribution in [3.63, 3.8) is 0 Å². The zero-order chi connectivity index (χ0) is 42.7. The van der Waals surface area contributed by atoms with E-state index in [1.54, 1.807) is 13.0 Å². The second-order valence-electron chi connectivity index (χ2n) is 17.8. The second kappa shape index (κ2) is 21.8. The summed E-state index contributed by atoms with van der Waals surface area (Å²) in [5.41, 5.74) is 16.8. The number of benzene rings is 4. The Bertz CT molecular complexity index is 1690. The lowest BCUT2D eigenvalue weighted by molar-refractivity contribution is -0.138. The molecule has 0 heterocycles. The molecule has 4 aromatic carbocycles. The molecular formula is C52H77F3. The third-order valence-corrected chi connectivity index (χ3v) is 10.9. The lowest BCUT2D eigenvalue weighted by Gasteiger charge is -2.20. The lowest BCUT2D eigenvalue weighted by Crippen LogP contribution is -2.07. The summed E-state index contributed by atoms with van der Waals surface area (Å²) < 4.78 is 36.7. The Balaban J connectivity index is 0.000000369. The number of aryl methyl sites for hydroxylation is 2. The maximum absolute atomic E-state index is 12.2. The van der Waals surface area contributed by atoms with Gasteiger partial charge in [-0.15, -0.1) is 0 Å². The molecule has 0 fully saturated rings. The highest BCUT2D eigenvalue weighted by Gasteiger charge is 2.32. The van der Waals surface area contributed by atoms with Crippen molar-refractivity contribution in [1.29, 1.82) is 0 Å². The van der Waals surface area contributed by atoms with Crippen molar-refractivity contribution < 1.29 is 13.2 Å². The summed E-state index contributed by atoms with van der Waals surface area (Å²) >= 11 is 0. The van der Waals surface area contributed by atoms with Gasteiger partial charge in [0.2, 0.25) is 0 Å². The normalized spacial score (nSPS) is 11.6. The fraction of sp³-hybridized carbons (Fsp3) is 0.538. The van der Waals surface area contributed by atoms with Crippen LogP contribution in [0.25, 0.3) is 0 Å². The number of hydrogen-bond donors (Lipinski definition) is 0. The van der Waals surface area contributed by atoms with Crippen LogP contribution < -0.4 is 0 Å². The SMILES string of the molecule is Cc1c(C(C)C)cc(C(C)C)cc1C(C)C.Cc1c(C(C)C)cccc1C(C)C.Cc1cc(C(C)C)c(C)c(C(C)C)c1.Cc1cccc(C(F)(F)F)c1C. The Kier molecular flexibility index (Phi) is 19.7. The van der Waals surface area contributed by atoms with E-state index in [1.807, 2.05) is 0 Å². The van der Waals surface area contributed by atoms with E-state index in [0.717, 1.165) is 6.07 Å². The molecule has 0 saturated carbocycles. The Morgan fingerprint density at radius 3 is 0.964 bits per heavy atom. The molecule has 0 aliphatic carbocycles. The third kappa shape index (κ3) is 14.6. The van der Waals surface area contributed by atoms with Gasteiger partial charge in [-0.3, -0.25) is 0 Å². The Hall–Kier alpha value is -3.33. The van der Waals surface area contributed by atoms with E-state index < -0.39 is 11.7 Å². The van der Waals surface area contributed by atoms with Crippen molar-refractivity contribution in [2.45, 2.75) is 186 Å². The third-order valence-electron chi connectivity index (χ3n) is 10.9. The van der Waals surface area contributed by atoms with E-state index in [9.17, 15) is 13.2 Å². The zero-order valence-electron chi connectivity index (χ0n) is 38.4. The van der Waals surface area contributed by atoms with E-state index >= 15 is 0 Å². The molecule has 0 nitrogen and oxygen atoms in total. The predicted octanol–water partition coefficient (Wildman–Crippen LogP) is 17.5. The van der Waals surface area contributed by atoms with Crippen molar-refractivity contribution in [3.8, 4) is 0 Å². The van der Waals surface area contributed by atoms with Crippen molar-refractivity contribution in [2.24, 2.45) is 0 Å². The summed E-state index contributed by atoms with van der Waals surface area (Å²) in [5, 5.41) is 0. The minimum absolute atomic E-state index is 0.310. The van der Waals surface area contributed by atoms with Gasteiger partial charge in [-0.2, -0.15) is 13.2 Å². The first-order valence-corrected chi connectivity index (χ1v) is 20.7. The summed E-state index contributed by atoms with van der Waals surface area (Å²) in [4.78, 5) is 0. The molecule has 4 aromatic rings. The van der Waals surface area contributed by atoms with Gasteiger partial charge in [0.05, 0.1) is 5.56 Å². The average Bonchev–Trinajstić information content (AvgIpc) is 3.06. The minimum atomic E-state index is -4.23. The van der Waals surface area contributed by atoms with Gasteiger partial charge in [-0.25, -0.2) is 0 Å². The van der Waals surface area contributed by atoms with Gasteiger partial charge in [0.1, 0.15) is 0 Å². The van der Waals surface area contributed by atoms with Crippen LogP contribution in [0.4, 0.5) is 13.2 Å². The highest BCUT2D eigenvalue weighted by molar-refractivity contribution is 5.43. The van der Waals surface area contributed by atoms with Crippen LogP contribution in [-0.4, -0.2) is 0 Å². The van der Waals surface area contributed by atoms with E-state index in [2.05, 4.69) is 167 Å². The molecule has 0 unspecified atom stereocenters. The average molecular weight is 759 g/mol. The Labute approximate surface area is 336 Å². The van der Waals surface area contributed by atoms with Crippen LogP contribution in [-0.2, 0) is 6.18 Å². The minimum Gasteiger partial charge on any atom is -0.166 e. The van der Waals surface area contributed by atoms with Crippen LogP contribution in [0.5, 0.6) is 0 Å². The molecule has 0 aliphatic rings. The van der Waals surface area contributed by atoms with Gasteiger partial charge in [-0.05, 0) is 156 Å². The summed E-state index contributed by atoms with van der Waals surface area (Å²) in [6.45, 7) is 43.9. The molecule has 0 bridgehead atoms. The van der Waals surface area contributed by atoms with Crippen molar-refractivity contribution >= 4 is 0 Å². The highest BCUT2D eigenvalue weighted by atomic mass is 19.4. The van der Waals surface area contributed by atoms with E-state index in [4.69, 9.17) is 0 Å². The molecular weight excluding hydrogens is 682 g/mol. The van der Waals surface area contributed by atoms with Crippen LogP contribution in [0.15, 0.2) is 60.7 Å². The predicted molar refractivity (Wildman–Crippen MR) is 238 cm³/mol. The van der Waals surface area contributed by atoms with Crippen LogP contribution >= 0.6 is 0 Å². The van der Waals surface area contributed by atoms with Crippen LogP contribution in [0, 0.1) is 41.5 Å². The Morgan fingerprint density at radius 1 is 0.364 bits per heavy atom. The monoisotopic (exact) mass is 759 g/mol. The zero-order valence-corrected chi connectivity index (χ0v) is 38.4. The van der Waals surface area contributed by atoms with Crippen LogP contribution in [0.1, 0.15) is 216 Å². The van der Waals surface area contributed by atoms with Crippen molar-refractivity contribution in [2.75, 3.05) is 0 Å². The fourth-order valence-corrected chi connectivity index (χ4v) is 7.41. The summed E-state index contributed by atoms with van der Waals surface area (Å²) in [5.74, 6) is 4.40. The van der Waals surface area contributed by atoms with Gasteiger partial charge in [0.15, 0.2) is 0 Å². The van der Waals surface area contributed by atoms with Gasteiger partial charge >= 0.3 is 6.18 Å². The molecule has 0 N–H and O–H groups in total. The number of alkyl halides is 3. The van der Waals surface area contributed by atoms with Gasteiger partial charge in [0.25, 0.3) is 0 Å². The smallest absolute Gasteiger partial charge is 0.166 e. The maximum atomic E-state index is 12.2. The number of rotatable bonds is 7. The molecule has 4 rings (SSSR count). The molecule has 3 heteroatoms. The molecule has 0 aliphatic heterocycles. The molecule has 0 spiro atoms. The molecule has 55 heavy (non-hydrogen) atoms. The molecule has 306 valence electrons. The molecule has 0 amide bonds. The molecule has 0 atom stereocenters.